The topological polar surface area (TPSA) is 65.5 Å². The number of methoxy groups -OCH3 is 2. The van der Waals surface area contributed by atoms with E-state index in [0.717, 1.165) is 31.6 Å². The Bertz CT molecular complexity index is 1150. The lowest BCUT2D eigenvalue weighted by Gasteiger charge is -2.17. The van der Waals surface area contributed by atoms with Gasteiger partial charge in [0.05, 0.1) is 24.4 Å². The number of carbonyl (C=O) groups excluding carboxylic acids is 2. The molecule has 0 saturated heterocycles. The van der Waals surface area contributed by atoms with Crippen molar-refractivity contribution in [2.24, 2.45) is 0 Å². The first-order valence-corrected chi connectivity index (χ1v) is 9.48. The molecule has 0 N–H and O–H groups in total. The van der Waals surface area contributed by atoms with Gasteiger partial charge in [0, 0.05) is 5.56 Å². The fourth-order valence-electron chi connectivity index (χ4n) is 3.26. The standard InChI is InChI=1S/C22H17NO4S/c1-26-21(24)19(22(25)27-2)15-11-13-7-3-4-8-14(13)12-16(15)20-23-17-9-5-6-10-18(17)28-20/h3-12,19H,1-2H3. The largest absolute Gasteiger partial charge is 0.468 e. The van der Waals surface area contributed by atoms with E-state index in [1.54, 1.807) is 0 Å². The fourth-order valence-corrected chi connectivity index (χ4v) is 4.26. The first kappa shape index (κ1) is 18.1. The summed E-state index contributed by atoms with van der Waals surface area (Å²) < 4.78 is 10.8. The normalized spacial score (nSPS) is 11.1. The molecule has 3 aromatic carbocycles. The molecule has 5 nitrogen and oxygen atoms in total. The molecule has 28 heavy (non-hydrogen) atoms. The van der Waals surface area contributed by atoms with Crippen molar-refractivity contribution in [3.8, 4) is 10.6 Å². The number of esters is 2. The van der Waals surface area contributed by atoms with Crippen LogP contribution in [0.15, 0.2) is 60.7 Å². The molecular weight excluding hydrogens is 374 g/mol. The summed E-state index contributed by atoms with van der Waals surface area (Å²) in [5.41, 5.74) is 2.12. The molecule has 140 valence electrons. The van der Waals surface area contributed by atoms with Gasteiger partial charge in [-0.15, -0.1) is 11.3 Å². The van der Waals surface area contributed by atoms with Gasteiger partial charge in [0.15, 0.2) is 5.92 Å². The van der Waals surface area contributed by atoms with Crippen LogP contribution in [0, 0.1) is 0 Å². The first-order chi connectivity index (χ1) is 13.6. The second kappa shape index (κ2) is 7.40. The van der Waals surface area contributed by atoms with Crippen molar-refractivity contribution < 1.29 is 19.1 Å². The lowest BCUT2D eigenvalue weighted by molar-refractivity contribution is -0.154. The fraction of sp³-hybridized carbons (Fsp3) is 0.136. The number of thiazole rings is 1. The molecule has 0 fully saturated rings. The van der Waals surface area contributed by atoms with E-state index in [2.05, 4.69) is 0 Å². The highest BCUT2D eigenvalue weighted by molar-refractivity contribution is 7.21. The summed E-state index contributed by atoms with van der Waals surface area (Å²) in [6.45, 7) is 0. The van der Waals surface area contributed by atoms with Crippen molar-refractivity contribution in [3.63, 3.8) is 0 Å². The van der Waals surface area contributed by atoms with Crippen LogP contribution in [0.2, 0.25) is 0 Å². The van der Waals surface area contributed by atoms with Gasteiger partial charge in [-0.2, -0.15) is 0 Å². The summed E-state index contributed by atoms with van der Waals surface area (Å²) in [7, 11) is 2.52. The number of nitrogens with zero attached hydrogens (tertiary/aromatic N) is 1. The van der Waals surface area contributed by atoms with E-state index < -0.39 is 17.9 Å². The summed E-state index contributed by atoms with van der Waals surface area (Å²) in [6, 6.07) is 19.4. The molecule has 0 spiro atoms. The number of rotatable bonds is 4. The molecule has 0 unspecified atom stereocenters. The maximum absolute atomic E-state index is 12.5. The van der Waals surface area contributed by atoms with Crippen molar-refractivity contribution in [2.75, 3.05) is 14.2 Å². The molecule has 0 aliphatic heterocycles. The molecule has 0 aliphatic rings. The second-order valence-electron chi connectivity index (χ2n) is 6.25. The molecule has 0 atom stereocenters. The van der Waals surface area contributed by atoms with Crippen molar-refractivity contribution in [1.82, 2.24) is 4.98 Å². The summed E-state index contributed by atoms with van der Waals surface area (Å²) in [5.74, 6) is -2.50. The van der Waals surface area contributed by atoms with E-state index in [1.165, 1.54) is 25.6 Å². The summed E-state index contributed by atoms with van der Waals surface area (Å²) in [5, 5.41) is 2.65. The van der Waals surface area contributed by atoms with Crippen LogP contribution in [-0.2, 0) is 19.1 Å². The van der Waals surface area contributed by atoms with E-state index in [-0.39, 0.29) is 0 Å². The Morgan fingerprint density at radius 2 is 1.50 bits per heavy atom. The zero-order valence-electron chi connectivity index (χ0n) is 15.3. The molecular formula is C22H17NO4S. The summed E-state index contributed by atoms with van der Waals surface area (Å²) in [6.07, 6.45) is 0. The highest BCUT2D eigenvalue weighted by Gasteiger charge is 2.33. The van der Waals surface area contributed by atoms with Gasteiger partial charge in [-0.1, -0.05) is 36.4 Å². The average molecular weight is 391 g/mol. The molecule has 0 aliphatic carbocycles. The molecule has 4 aromatic rings. The number of carbonyl (C=O) groups is 2. The van der Waals surface area contributed by atoms with Crippen LogP contribution in [-0.4, -0.2) is 31.1 Å². The number of hydrogen-bond donors (Lipinski definition) is 0. The van der Waals surface area contributed by atoms with E-state index in [0.29, 0.717) is 5.56 Å². The van der Waals surface area contributed by atoms with Crippen LogP contribution in [0.4, 0.5) is 0 Å². The van der Waals surface area contributed by atoms with Crippen LogP contribution in [0.25, 0.3) is 31.6 Å². The molecule has 0 amide bonds. The molecule has 0 radical (unpaired) electrons. The lowest BCUT2D eigenvalue weighted by atomic mass is 9.91. The van der Waals surface area contributed by atoms with E-state index in [4.69, 9.17) is 14.5 Å². The van der Waals surface area contributed by atoms with Gasteiger partial charge >= 0.3 is 11.9 Å². The maximum atomic E-state index is 12.5. The summed E-state index contributed by atoms with van der Waals surface area (Å²) >= 11 is 1.51. The van der Waals surface area contributed by atoms with Gasteiger partial charge < -0.3 is 9.47 Å². The van der Waals surface area contributed by atoms with Gasteiger partial charge in [-0.25, -0.2) is 4.98 Å². The quantitative estimate of drug-likeness (QED) is 0.377. The second-order valence-corrected chi connectivity index (χ2v) is 7.28. The number of hydrogen-bond acceptors (Lipinski definition) is 6. The predicted octanol–water partition coefficient (Wildman–Crippen LogP) is 4.55. The third kappa shape index (κ3) is 3.12. The van der Waals surface area contributed by atoms with Gasteiger partial charge in [0.1, 0.15) is 5.01 Å². The summed E-state index contributed by atoms with van der Waals surface area (Å²) in [4.78, 5) is 29.6. The number of para-hydroxylation sites is 1. The van der Waals surface area contributed by atoms with Crippen LogP contribution >= 0.6 is 11.3 Å². The van der Waals surface area contributed by atoms with Gasteiger partial charge in [-0.3, -0.25) is 9.59 Å². The van der Waals surface area contributed by atoms with Crippen LogP contribution < -0.4 is 0 Å². The maximum Gasteiger partial charge on any atom is 0.324 e. The Hall–Kier alpha value is -3.25. The van der Waals surface area contributed by atoms with Gasteiger partial charge in [-0.05, 0) is 40.6 Å². The van der Waals surface area contributed by atoms with Crippen molar-refractivity contribution in [3.05, 3.63) is 66.2 Å². The molecule has 0 saturated carbocycles. The van der Waals surface area contributed by atoms with Gasteiger partial charge in [0.2, 0.25) is 0 Å². The lowest BCUT2D eigenvalue weighted by Crippen LogP contribution is -2.25. The Labute approximate surface area is 165 Å². The number of ether oxygens (including phenoxy) is 2. The average Bonchev–Trinajstić information content (AvgIpc) is 3.17. The SMILES string of the molecule is COC(=O)C(C(=O)OC)c1cc2ccccc2cc1-c1nc2ccccc2s1. The van der Waals surface area contributed by atoms with E-state index in [9.17, 15) is 9.59 Å². The van der Waals surface area contributed by atoms with E-state index >= 15 is 0 Å². The molecule has 1 heterocycles. The van der Waals surface area contributed by atoms with Crippen molar-refractivity contribution in [2.45, 2.75) is 5.92 Å². The zero-order valence-corrected chi connectivity index (χ0v) is 16.2. The Balaban J connectivity index is 2.01. The number of benzene rings is 3. The van der Waals surface area contributed by atoms with Crippen LogP contribution in [0.1, 0.15) is 11.5 Å². The Kier molecular flexibility index (Phi) is 4.79. The van der Waals surface area contributed by atoms with Crippen LogP contribution in [0.5, 0.6) is 0 Å². The highest BCUT2D eigenvalue weighted by Crippen LogP contribution is 2.38. The molecule has 6 heteroatoms. The van der Waals surface area contributed by atoms with Crippen molar-refractivity contribution in [1.29, 1.82) is 0 Å². The smallest absolute Gasteiger partial charge is 0.324 e. The number of aromatic nitrogens is 1. The highest BCUT2D eigenvalue weighted by atomic mass is 32.1. The first-order valence-electron chi connectivity index (χ1n) is 8.66. The molecule has 0 bridgehead atoms. The number of fused-ring (bicyclic) bond motifs is 2. The Morgan fingerprint density at radius 3 is 2.14 bits per heavy atom. The Morgan fingerprint density at radius 1 is 0.893 bits per heavy atom. The predicted molar refractivity (Wildman–Crippen MR) is 109 cm³/mol. The molecule has 4 rings (SSSR count). The van der Waals surface area contributed by atoms with Gasteiger partial charge in [0.25, 0.3) is 0 Å². The minimum atomic E-state index is -1.18. The third-order valence-corrected chi connectivity index (χ3v) is 5.70. The zero-order chi connectivity index (χ0) is 19.7. The monoisotopic (exact) mass is 391 g/mol. The molecule has 1 aromatic heterocycles. The minimum Gasteiger partial charge on any atom is -0.468 e. The van der Waals surface area contributed by atoms with Crippen molar-refractivity contribution >= 4 is 44.3 Å². The van der Waals surface area contributed by atoms with E-state index in [1.807, 2.05) is 60.7 Å². The minimum absolute atomic E-state index is 0.524. The third-order valence-electron chi connectivity index (χ3n) is 4.63. The van der Waals surface area contributed by atoms with Crippen LogP contribution in [0.3, 0.4) is 0 Å².